The summed E-state index contributed by atoms with van der Waals surface area (Å²) in [5, 5.41) is 9.00. The van der Waals surface area contributed by atoms with Crippen LogP contribution in [0.2, 0.25) is 0 Å². The van der Waals surface area contributed by atoms with E-state index in [9.17, 15) is 9.59 Å². The number of carboxylic acids is 1. The standard InChI is InChI=1S/C17H16N2O5/c18-7-15(20)24-11-2-4-12-10(5-11)8-23-14-6-9(1-3-13(12)14)16(19)17(21)22/h1-6,16H,7-8,18-19H2,(H,21,22). The van der Waals surface area contributed by atoms with Crippen LogP contribution in [0, 0.1) is 0 Å². The summed E-state index contributed by atoms with van der Waals surface area (Å²) < 4.78 is 10.8. The zero-order chi connectivity index (χ0) is 17.3. The maximum atomic E-state index is 11.3. The SMILES string of the molecule is NCC(=O)Oc1ccc2c(c1)COc1cc(C(N)C(=O)O)ccc1-2. The Labute approximate surface area is 137 Å². The first-order valence-electron chi connectivity index (χ1n) is 7.29. The third kappa shape index (κ3) is 2.94. The van der Waals surface area contributed by atoms with Gasteiger partial charge in [0.2, 0.25) is 0 Å². The lowest BCUT2D eigenvalue weighted by Crippen LogP contribution is -2.21. The van der Waals surface area contributed by atoms with E-state index in [2.05, 4.69) is 0 Å². The Morgan fingerprint density at radius 1 is 1.21 bits per heavy atom. The Morgan fingerprint density at radius 2 is 1.96 bits per heavy atom. The van der Waals surface area contributed by atoms with E-state index < -0.39 is 18.0 Å². The molecule has 124 valence electrons. The Kier molecular flexibility index (Phi) is 4.20. The normalized spacial score (nSPS) is 13.2. The van der Waals surface area contributed by atoms with Crippen LogP contribution in [0.1, 0.15) is 17.2 Å². The first-order valence-corrected chi connectivity index (χ1v) is 7.29. The lowest BCUT2D eigenvalue weighted by Gasteiger charge is -2.22. The van der Waals surface area contributed by atoms with Crippen LogP contribution in [0.25, 0.3) is 11.1 Å². The highest BCUT2D eigenvalue weighted by molar-refractivity contribution is 5.80. The van der Waals surface area contributed by atoms with E-state index in [0.717, 1.165) is 16.7 Å². The van der Waals surface area contributed by atoms with Crippen molar-refractivity contribution in [3.63, 3.8) is 0 Å². The number of esters is 1. The number of rotatable bonds is 4. The van der Waals surface area contributed by atoms with Gasteiger partial charge in [0.05, 0.1) is 6.54 Å². The molecule has 0 amide bonds. The minimum absolute atomic E-state index is 0.191. The summed E-state index contributed by atoms with van der Waals surface area (Å²) in [6, 6.07) is 9.21. The molecule has 0 aromatic heterocycles. The number of nitrogens with two attached hydrogens (primary N) is 2. The molecule has 1 atom stereocenters. The van der Waals surface area contributed by atoms with E-state index in [4.69, 9.17) is 26.0 Å². The van der Waals surface area contributed by atoms with Gasteiger partial charge in [0.25, 0.3) is 0 Å². The predicted molar refractivity (Wildman–Crippen MR) is 85.5 cm³/mol. The molecule has 2 aromatic carbocycles. The Morgan fingerprint density at radius 3 is 2.67 bits per heavy atom. The second kappa shape index (κ2) is 6.31. The third-order valence-corrected chi connectivity index (χ3v) is 3.78. The Bertz CT molecular complexity index is 819. The van der Waals surface area contributed by atoms with Gasteiger partial charge in [-0.05, 0) is 29.3 Å². The molecule has 1 aliphatic heterocycles. The van der Waals surface area contributed by atoms with Gasteiger partial charge in [-0.15, -0.1) is 0 Å². The van der Waals surface area contributed by atoms with Crippen LogP contribution < -0.4 is 20.9 Å². The number of benzene rings is 2. The summed E-state index contributed by atoms with van der Waals surface area (Å²) in [7, 11) is 0. The maximum Gasteiger partial charge on any atom is 0.325 e. The van der Waals surface area contributed by atoms with E-state index in [1.165, 1.54) is 0 Å². The molecule has 0 saturated heterocycles. The summed E-state index contributed by atoms with van der Waals surface area (Å²) in [4.78, 5) is 22.3. The van der Waals surface area contributed by atoms with Gasteiger partial charge in [0, 0.05) is 11.1 Å². The van der Waals surface area contributed by atoms with Gasteiger partial charge in [-0.1, -0.05) is 18.2 Å². The van der Waals surface area contributed by atoms with Gasteiger partial charge in [0.15, 0.2) is 0 Å². The van der Waals surface area contributed by atoms with Gasteiger partial charge in [-0.3, -0.25) is 9.59 Å². The van der Waals surface area contributed by atoms with Gasteiger partial charge in [-0.25, -0.2) is 0 Å². The molecule has 0 bridgehead atoms. The number of fused-ring (bicyclic) bond motifs is 3. The van der Waals surface area contributed by atoms with Crippen LogP contribution in [-0.4, -0.2) is 23.6 Å². The van der Waals surface area contributed by atoms with Gasteiger partial charge in [-0.2, -0.15) is 0 Å². The molecule has 24 heavy (non-hydrogen) atoms. The van der Waals surface area contributed by atoms with Crippen LogP contribution in [-0.2, 0) is 16.2 Å². The third-order valence-electron chi connectivity index (χ3n) is 3.78. The van der Waals surface area contributed by atoms with Crippen molar-refractivity contribution in [2.24, 2.45) is 11.5 Å². The monoisotopic (exact) mass is 328 g/mol. The topological polar surface area (TPSA) is 125 Å². The summed E-state index contributed by atoms with van der Waals surface area (Å²) in [5.41, 5.74) is 14.0. The summed E-state index contributed by atoms with van der Waals surface area (Å²) in [6.45, 7) is 0.0884. The summed E-state index contributed by atoms with van der Waals surface area (Å²) >= 11 is 0. The number of carboxylic acid groups (broad SMARTS) is 1. The number of hydrogen-bond acceptors (Lipinski definition) is 6. The van der Waals surface area contributed by atoms with Crippen LogP contribution in [0.3, 0.4) is 0 Å². The number of carbonyl (C=O) groups excluding carboxylic acids is 1. The van der Waals surface area contributed by atoms with Gasteiger partial charge < -0.3 is 26.0 Å². The molecule has 0 fully saturated rings. The van der Waals surface area contributed by atoms with Crippen molar-refractivity contribution < 1.29 is 24.2 Å². The number of carbonyl (C=O) groups is 2. The quantitative estimate of drug-likeness (QED) is 0.568. The van der Waals surface area contributed by atoms with Crippen LogP contribution in [0.5, 0.6) is 11.5 Å². The van der Waals surface area contributed by atoms with Crippen LogP contribution >= 0.6 is 0 Å². The summed E-state index contributed by atoms with van der Waals surface area (Å²) in [6.07, 6.45) is 0. The fourth-order valence-corrected chi connectivity index (χ4v) is 2.56. The second-order valence-corrected chi connectivity index (χ2v) is 5.36. The maximum absolute atomic E-state index is 11.3. The van der Waals surface area contributed by atoms with Gasteiger partial charge >= 0.3 is 11.9 Å². The number of aliphatic carboxylic acids is 1. The van der Waals surface area contributed by atoms with Crippen LogP contribution in [0.4, 0.5) is 0 Å². The molecule has 1 heterocycles. The zero-order valence-electron chi connectivity index (χ0n) is 12.7. The van der Waals surface area contributed by atoms with E-state index in [1.54, 1.807) is 30.3 Å². The van der Waals surface area contributed by atoms with Gasteiger partial charge in [0.1, 0.15) is 24.1 Å². The van der Waals surface area contributed by atoms with E-state index in [-0.39, 0.29) is 13.2 Å². The fourth-order valence-electron chi connectivity index (χ4n) is 2.56. The molecular formula is C17H16N2O5. The Hall–Kier alpha value is -2.90. The highest BCUT2D eigenvalue weighted by Gasteiger charge is 2.21. The molecule has 1 unspecified atom stereocenters. The second-order valence-electron chi connectivity index (χ2n) is 5.36. The smallest absolute Gasteiger partial charge is 0.325 e. The largest absolute Gasteiger partial charge is 0.488 e. The molecular weight excluding hydrogens is 312 g/mol. The Balaban J connectivity index is 1.94. The number of ether oxygens (including phenoxy) is 2. The summed E-state index contributed by atoms with van der Waals surface area (Å²) in [5.74, 6) is -0.638. The lowest BCUT2D eigenvalue weighted by molar-refractivity contribution is -0.138. The zero-order valence-corrected chi connectivity index (χ0v) is 12.7. The van der Waals surface area contributed by atoms with Crippen molar-refractivity contribution in [2.45, 2.75) is 12.6 Å². The highest BCUT2D eigenvalue weighted by atomic mass is 16.5. The van der Waals surface area contributed by atoms with E-state index in [0.29, 0.717) is 17.1 Å². The van der Waals surface area contributed by atoms with Crippen molar-refractivity contribution in [3.05, 3.63) is 47.5 Å². The van der Waals surface area contributed by atoms with Crippen molar-refractivity contribution in [1.29, 1.82) is 0 Å². The molecule has 5 N–H and O–H groups in total. The van der Waals surface area contributed by atoms with Crippen molar-refractivity contribution in [2.75, 3.05) is 6.54 Å². The first kappa shape index (κ1) is 16.0. The average Bonchev–Trinajstić information content (AvgIpc) is 2.59. The highest BCUT2D eigenvalue weighted by Crippen LogP contribution is 2.40. The molecule has 1 aliphatic rings. The van der Waals surface area contributed by atoms with E-state index in [1.807, 2.05) is 6.07 Å². The molecule has 2 aromatic rings. The van der Waals surface area contributed by atoms with Crippen molar-refractivity contribution >= 4 is 11.9 Å². The molecule has 7 heteroatoms. The fraction of sp³-hybridized carbons (Fsp3) is 0.176. The molecule has 7 nitrogen and oxygen atoms in total. The average molecular weight is 328 g/mol. The minimum atomic E-state index is -1.10. The molecule has 0 spiro atoms. The molecule has 0 saturated carbocycles. The van der Waals surface area contributed by atoms with Crippen molar-refractivity contribution in [1.82, 2.24) is 0 Å². The molecule has 0 radical (unpaired) electrons. The van der Waals surface area contributed by atoms with Crippen molar-refractivity contribution in [3.8, 4) is 22.6 Å². The minimum Gasteiger partial charge on any atom is -0.488 e. The van der Waals surface area contributed by atoms with E-state index >= 15 is 0 Å². The predicted octanol–water partition coefficient (Wildman–Crippen LogP) is 1.19. The first-order chi connectivity index (χ1) is 11.5. The van der Waals surface area contributed by atoms with Crippen LogP contribution in [0.15, 0.2) is 36.4 Å². The number of hydrogen-bond donors (Lipinski definition) is 3. The molecule has 0 aliphatic carbocycles. The molecule has 3 rings (SSSR count). The lowest BCUT2D eigenvalue weighted by atomic mass is 9.94.